The Kier molecular flexibility index (Phi) is 7.80. The number of piperidine rings is 1. The molecule has 33 heavy (non-hydrogen) atoms. The number of nitro groups is 1. The van der Waals surface area contributed by atoms with Crippen LogP contribution in [0.2, 0.25) is 0 Å². The van der Waals surface area contributed by atoms with Gasteiger partial charge in [-0.15, -0.1) is 11.3 Å². The SMILES string of the molecule is CC(=O)NCc1ccc(C(=O)COC(=O)c2ccc(N3CC(C)CC(C)C3)c([N+](=O)[O-])c2)s1. The van der Waals surface area contributed by atoms with E-state index in [0.717, 1.165) is 11.3 Å². The number of rotatable bonds is 8. The molecule has 2 unspecified atom stereocenters. The van der Waals surface area contributed by atoms with Gasteiger partial charge in [-0.05, 0) is 42.5 Å². The summed E-state index contributed by atoms with van der Waals surface area (Å²) in [5.74, 6) is -0.520. The van der Waals surface area contributed by atoms with Crippen LogP contribution in [-0.2, 0) is 16.1 Å². The van der Waals surface area contributed by atoms with E-state index in [1.165, 1.54) is 30.4 Å². The summed E-state index contributed by atoms with van der Waals surface area (Å²) in [7, 11) is 0. The first-order valence-electron chi connectivity index (χ1n) is 10.7. The molecule has 176 valence electrons. The highest BCUT2D eigenvalue weighted by Crippen LogP contribution is 2.34. The number of thiophene rings is 1. The Morgan fingerprint density at radius 2 is 1.88 bits per heavy atom. The molecule has 2 aromatic rings. The maximum atomic E-state index is 12.5. The third-order valence-corrected chi connectivity index (χ3v) is 6.53. The van der Waals surface area contributed by atoms with Crippen molar-refractivity contribution in [2.24, 2.45) is 11.8 Å². The summed E-state index contributed by atoms with van der Waals surface area (Å²) in [5, 5.41) is 14.3. The minimum atomic E-state index is -0.798. The van der Waals surface area contributed by atoms with Crippen LogP contribution < -0.4 is 10.2 Å². The Hall–Kier alpha value is -3.27. The first-order chi connectivity index (χ1) is 15.6. The van der Waals surface area contributed by atoms with Crippen LogP contribution in [0.1, 0.15) is 52.1 Å². The van der Waals surface area contributed by atoms with Crippen molar-refractivity contribution in [3.63, 3.8) is 0 Å². The average Bonchev–Trinajstić information content (AvgIpc) is 3.24. The number of carbonyl (C=O) groups is 3. The van der Waals surface area contributed by atoms with Crippen LogP contribution in [-0.4, -0.2) is 42.3 Å². The van der Waals surface area contributed by atoms with Gasteiger partial charge in [-0.3, -0.25) is 19.7 Å². The number of hydrogen-bond donors (Lipinski definition) is 1. The van der Waals surface area contributed by atoms with Gasteiger partial charge in [0.05, 0.1) is 21.9 Å². The summed E-state index contributed by atoms with van der Waals surface area (Å²) in [6.07, 6.45) is 1.07. The number of nitro benzene ring substituents is 1. The lowest BCUT2D eigenvalue weighted by Gasteiger charge is -2.36. The molecule has 0 bridgehead atoms. The molecule has 1 aromatic carbocycles. The third-order valence-electron chi connectivity index (χ3n) is 5.40. The van der Waals surface area contributed by atoms with Crippen LogP contribution in [0.15, 0.2) is 30.3 Å². The van der Waals surface area contributed by atoms with E-state index in [0.29, 0.717) is 42.0 Å². The van der Waals surface area contributed by atoms with Crippen molar-refractivity contribution in [3.05, 3.63) is 55.8 Å². The standard InChI is InChI=1S/C23H27N3O6S/c1-14-8-15(2)12-25(11-14)19-6-4-17(9-20(19)26(30)31)23(29)32-13-21(28)22-7-5-18(33-22)10-24-16(3)27/h4-7,9,14-15H,8,10-13H2,1-3H3,(H,24,27). The second kappa shape index (κ2) is 10.6. The molecule has 0 aliphatic carbocycles. The molecule has 1 aliphatic rings. The van der Waals surface area contributed by atoms with Crippen molar-refractivity contribution >= 4 is 40.4 Å². The molecule has 2 heterocycles. The van der Waals surface area contributed by atoms with E-state index < -0.39 is 17.5 Å². The number of ketones is 1. The molecular weight excluding hydrogens is 446 g/mol. The quantitative estimate of drug-likeness (QED) is 0.268. The Morgan fingerprint density at radius 3 is 2.52 bits per heavy atom. The number of carbonyl (C=O) groups excluding carboxylic acids is 3. The third kappa shape index (κ3) is 6.38. The zero-order valence-corrected chi connectivity index (χ0v) is 19.6. The van der Waals surface area contributed by atoms with Crippen molar-refractivity contribution in [1.82, 2.24) is 5.32 Å². The molecule has 1 amide bonds. The first kappa shape index (κ1) is 24.4. The Bertz CT molecular complexity index is 1060. The fraction of sp³-hybridized carbons (Fsp3) is 0.435. The monoisotopic (exact) mass is 473 g/mol. The highest BCUT2D eigenvalue weighted by atomic mass is 32.1. The summed E-state index contributed by atoms with van der Waals surface area (Å²) < 4.78 is 5.12. The van der Waals surface area contributed by atoms with Gasteiger partial charge in [0.1, 0.15) is 5.69 Å². The average molecular weight is 474 g/mol. The van der Waals surface area contributed by atoms with Crippen molar-refractivity contribution in [3.8, 4) is 0 Å². The Labute approximate surface area is 195 Å². The summed E-state index contributed by atoms with van der Waals surface area (Å²) >= 11 is 1.20. The summed E-state index contributed by atoms with van der Waals surface area (Å²) in [6.45, 7) is 6.92. The van der Waals surface area contributed by atoms with E-state index in [4.69, 9.17) is 4.74 Å². The molecule has 1 aliphatic heterocycles. The molecule has 2 atom stereocenters. The molecule has 0 saturated carbocycles. The maximum absolute atomic E-state index is 12.5. The molecule has 0 spiro atoms. The van der Waals surface area contributed by atoms with Crippen molar-refractivity contribution < 1.29 is 24.0 Å². The predicted molar refractivity (Wildman–Crippen MR) is 125 cm³/mol. The smallest absolute Gasteiger partial charge is 0.338 e. The molecule has 1 saturated heterocycles. The van der Waals surface area contributed by atoms with E-state index in [-0.39, 0.29) is 22.9 Å². The lowest BCUT2D eigenvalue weighted by atomic mass is 9.91. The van der Waals surface area contributed by atoms with E-state index in [1.807, 2.05) is 4.90 Å². The summed E-state index contributed by atoms with van der Waals surface area (Å²) in [6, 6.07) is 7.62. The number of nitrogens with one attached hydrogen (secondary N) is 1. The molecule has 1 N–H and O–H groups in total. The van der Waals surface area contributed by atoms with Gasteiger partial charge in [0.25, 0.3) is 5.69 Å². The molecule has 1 fully saturated rings. The second-order valence-corrected chi connectivity index (χ2v) is 9.65. The minimum absolute atomic E-state index is 0.0221. The highest BCUT2D eigenvalue weighted by Gasteiger charge is 2.28. The van der Waals surface area contributed by atoms with Gasteiger partial charge >= 0.3 is 5.97 Å². The van der Waals surface area contributed by atoms with Crippen LogP contribution >= 0.6 is 11.3 Å². The zero-order valence-electron chi connectivity index (χ0n) is 18.8. The maximum Gasteiger partial charge on any atom is 0.338 e. The first-order valence-corrected chi connectivity index (χ1v) is 11.5. The summed E-state index contributed by atoms with van der Waals surface area (Å²) in [4.78, 5) is 50.2. The van der Waals surface area contributed by atoms with Crippen LogP contribution in [0.25, 0.3) is 0 Å². The van der Waals surface area contributed by atoms with E-state index in [9.17, 15) is 24.5 Å². The number of ether oxygens (including phenoxy) is 1. The largest absolute Gasteiger partial charge is 0.454 e. The highest BCUT2D eigenvalue weighted by molar-refractivity contribution is 7.14. The van der Waals surface area contributed by atoms with Gasteiger partial charge in [-0.25, -0.2) is 4.79 Å². The van der Waals surface area contributed by atoms with Gasteiger partial charge in [0, 0.05) is 31.0 Å². The van der Waals surface area contributed by atoms with Crippen molar-refractivity contribution in [2.75, 3.05) is 24.6 Å². The van der Waals surface area contributed by atoms with Crippen molar-refractivity contribution in [2.45, 2.75) is 33.7 Å². The minimum Gasteiger partial charge on any atom is -0.454 e. The van der Waals surface area contributed by atoms with Crippen LogP contribution in [0.3, 0.4) is 0 Å². The Morgan fingerprint density at radius 1 is 1.18 bits per heavy atom. The molecule has 1 aromatic heterocycles. The number of nitrogens with zero attached hydrogens (tertiary/aromatic N) is 2. The van der Waals surface area contributed by atoms with Crippen LogP contribution in [0.4, 0.5) is 11.4 Å². The summed E-state index contributed by atoms with van der Waals surface area (Å²) in [5.41, 5.74) is 0.350. The van der Waals surface area contributed by atoms with Crippen LogP contribution in [0, 0.1) is 22.0 Å². The van der Waals surface area contributed by atoms with E-state index in [1.54, 1.807) is 18.2 Å². The van der Waals surface area contributed by atoms with E-state index >= 15 is 0 Å². The van der Waals surface area contributed by atoms with Gasteiger partial charge < -0.3 is 15.0 Å². The molecular formula is C23H27N3O6S. The predicted octanol–water partition coefficient (Wildman–Crippen LogP) is 3.81. The van der Waals surface area contributed by atoms with Gasteiger partial charge in [-0.2, -0.15) is 0 Å². The van der Waals surface area contributed by atoms with Gasteiger partial charge in [-0.1, -0.05) is 13.8 Å². The fourth-order valence-electron chi connectivity index (χ4n) is 4.04. The lowest BCUT2D eigenvalue weighted by Crippen LogP contribution is -2.39. The van der Waals surface area contributed by atoms with Gasteiger partial charge in [0.15, 0.2) is 6.61 Å². The van der Waals surface area contributed by atoms with Crippen LogP contribution in [0.5, 0.6) is 0 Å². The topological polar surface area (TPSA) is 119 Å². The number of benzene rings is 1. The Balaban J connectivity index is 1.66. The van der Waals surface area contributed by atoms with Crippen molar-refractivity contribution in [1.29, 1.82) is 0 Å². The molecule has 0 radical (unpaired) electrons. The number of amides is 1. The number of Topliss-reactive ketones (excluding diaryl/α,β-unsaturated/α-hetero) is 1. The zero-order chi connectivity index (χ0) is 24.1. The number of esters is 1. The molecule has 3 rings (SSSR count). The van der Waals surface area contributed by atoms with E-state index in [2.05, 4.69) is 19.2 Å². The molecule has 10 heteroatoms. The van der Waals surface area contributed by atoms with Gasteiger partial charge in [0.2, 0.25) is 11.7 Å². The fourth-order valence-corrected chi connectivity index (χ4v) is 4.92. The lowest BCUT2D eigenvalue weighted by molar-refractivity contribution is -0.384. The number of anilines is 1. The number of hydrogen-bond acceptors (Lipinski definition) is 8. The second-order valence-electron chi connectivity index (χ2n) is 8.49. The molecule has 9 nitrogen and oxygen atoms in total. The normalized spacial score (nSPS) is 18.0.